The summed E-state index contributed by atoms with van der Waals surface area (Å²) in [4.78, 5) is 22.2. The summed E-state index contributed by atoms with van der Waals surface area (Å²) in [5.74, 6) is 0.122. The summed E-state index contributed by atoms with van der Waals surface area (Å²) in [6.07, 6.45) is 0.372. The van der Waals surface area contributed by atoms with Gasteiger partial charge in [0.2, 0.25) is 0 Å². The fourth-order valence-electron chi connectivity index (χ4n) is 1.72. The Labute approximate surface area is 92.3 Å². The number of hydrogen-bond acceptors (Lipinski definition) is 5. The Morgan fingerprint density at radius 1 is 1.31 bits per heavy atom. The minimum absolute atomic E-state index is 0.186. The summed E-state index contributed by atoms with van der Waals surface area (Å²) < 4.78 is 14.8. The molecular formula is C11H12O5. The van der Waals surface area contributed by atoms with E-state index in [-0.39, 0.29) is 18.8 Å². The zero-order valence-electron chi connectivity index (χ0n) is 8.89. The Morgan fingerprint density at radius 3 is 2.62 bits per heavy atom. The number of carbonyl (C=O) groups excluding carboxylic acids is 2. The highest BCUT2D eigenvalue weighted by atomic mass is 16.6. The minimum atomic E-state index is -0.494. The van der Waals surface area contributed by atoms with Crippen LogP contribution in [0.5, 0.6) is 0 Å². The number of furan rings is 1. The van der Waals surface area contributed by atoms with E-state index in [0.717, 1.165) is 0 Å². The SMILES string of the molecule is COCc1ccc(C2CC(=O)OC(=O)C2)o1. The Hall–Kier alpha value is -1.62. The van der Waals surface area contributed by atoms with Crippen LogP contribution in [-0.2, 0) is 25.7 Å². The summed E-state index contributed by atoms with van der Waals surface area (Å²) in [5.41, 5.74) is 0. The molecule has 1 saturated heterocycles. The van der Waals surface area contributed by atoms with Crippen LogP contribution in [0.1, 0.15) is 30.3 Å². The number of carbonyl (C=O) groups is 2. The molecule has 1 aliphatic heterocycles. The van der Waals surface area contributed by atoms with Gasteiger partial charge in [-0.25, -0.2) is 0 Å². The lowest BCUT2D eigenvalue weighted by Gasteiger charge is -2.17. The van der Waals surface area contributed by atoms with Crippen molar-refractivity contribution in [1.82, 2.24) is 0 Å². The van der Waals surface area contributed by atoms with Crippen LogP contribution in [0, 0.1) is 0 Å². The quantitative estimate of drug-likeness (QED) is 0.573. The highest BCUT2D eigenvalue weighted by molar-refractivity contribution is 5.89. The van der Waals surface area contributed by atoms with E-state index in [9.17, 15) is 9.59 Å². The van der Waals surface area contributed by atoms with E-state index >= 15 is 0 Å². The molecule has 0 spiro atoms. The number of cyclic esters (lactones) is 2. The van der Waals surface area contributed by atoms with Crippen molar-refractivity contribution < 1.29 is 23.5 Å². The van der Waals surface area contributed by atoms with Crippen molar-refractivity contribution in [3.8, 4) is 0 Å². The van der Waals surface area contributed by atoms with Gasteiger partial charge in [-0.15, -0.1) is 0 Å². The van der Waals surface area contributed by atoms with Crippen LogP contribution in [0.3, 0.4) is 0 Å². The van der Waals surface area contributed by atoms with E-state index in [0.29, 0.717) is 18.1 Å². The van der Waals surface area contributed by atoms with Gasteiger partial charge in [-0.3, -0.25) is 9.59 Å². The van der Waals surface area contributed by atoms with E-state index in [1.807, 2.05) is 0 Å². The maximum absolute atomic E-state index is 11.1. The maximum atomic E-state index is 11.1. The van der Waals surface area contributed by atoms with Crippen molar-refractivity contribution in [3.63, 3.8) is 0 Å². The molecule has 5 heteroatoms. The molecule has 5 nitrogen and oxygen atoms in total. The van der Waals surface area contributed by atoms with Crippen LogP contribution in [0.25, 0.3) is 0 Å². The average molecular weight is 224 g/mol. The van der Waals surface area contributed by atoms with E-state index in [1.54, 1.807) is 19.2 Å². The van der Waals surface area contributed by atoms with Crippen LogP contribution in [0.15, 0.2) is 16.5 Å². The first-order valence-electron chi connectivity index (χ1n) is 5.00. The molecule has 0 amide bonds. The summed E-state index contributed by atoms with van der Waals surface area (Å²) in [6.45, 7) is 0.380. The lowest BCUT2D eigenvalue weighted by molar-refractivity contribution is -0.164. The maximum Gasteiger partial charge on any atom is 0.314 e. The minimum Gasteiger partial charge on any atom is -0.463 e. The van der Waals surface area contributed by atoms with Gasteiger partial charge in [0.1, 0.15) is 18.1 Å². The third-order valence-electron chi connectivity index (χ3n) is 2.43. The first-order valence-corrected chi connectivity index (χ1v) is 5.00. The topological polar surface area (TPSA) is 65.7 Å². The van der Waals surface area contributed by atoms with Crippen molar-refractivity contribution in [2.45, 2.75) is 25.4 Å². The fourth-order valence-corrected chi connectivity index (χ4v) is 1.72. The van der Waals surface area contributed by atoms with Gasteiger partial charge < -0.3 is 13.9 Å². The summed E-state index contributed by atoms with van der Waals surface area (Å²) in [7, 11) is 1.57. The summed E-state index contributed by atoms with van der Waals surface area (Å²) in [5, 5.41) is 0. The van der Waals surface area contributed by atoms with Gasteiger partial charge in [0.05, 0.1) is 12.8 Å². The standard InChI is InChI=1S/C11H12O5/c1-14-6-8-2-3-9(15-8)7-4-10(12)16-11(13)5-7/h2-3,7H,4-6H2,1H3. The van der Waals surface area contributed by atoms with Crippen LogP contribution in [-0.4, -0.2) is 19.0 Å². The van der Waals surface area contributed by atoms with Crippen LogP contribution < -0.4 is 0 Å². The van der Waals surface area contributed by atoms with Gasteiger partial charge in [0, 0.05) is 13.0 Å². The molecule has 0 atom stereocenters. The Kier molecular flexibility index (Phi) is 3.05. The van der Waals surface area contributed by atoms with Crippen molar-refractivity contribution in [1.29, 1.82) is 0 Å². The molecule has 86 valence electrons. The zero-order chi connectivity index (χ0) is 11.5. The van der Waals surface area contributed by atoms with Gasteiger partial charge in [0.25, 0.3) is 0 Å². The third-order valence-corrected chi connectivity index (χ3v) is 2.43. The number of hydrogen-bond donors (Lipinski definition) is 0. The highest BCUT2D eigenvalue weighted by Gasteiger charge is 2.30. The molecule has 1 aliphatic rings. The smallest absolute Gasteiger partial charge is 0.314 e. The largest absolute Gasteiger partial charge is 0.463 e. The first kappa shape index (κ1) is 10.9. The second-order valence-electron chi connectivity index (χ2n) is 3.69. The summed E-state index contributed by atoms with van der Waals surface area (Å²) >= 11 is 0. The predicted molar refractivity (Wildman–Crippen MR) is 52.5 cm³/mol. The second-order valence-corrected chi connectivity index (χ2v) is 3.69. The molecule has 1 aromatic heterocycles. The van der Waals surface area contributed by atoms with Gasteiger partial charge in [-0.1, -0.05) is 0 Å². The molecule has 0 aliphatic carbocycles. The predicted octanol–water partition coefficient (Wildman–Crippen LogP) is 1.37. The summed E-state index contributed by atoms with van der Waals surface area (Å²) in [6, 6.07) is 3.55. The third kappa shape index (κ3) is 2.30. The molecular weight excluding hydrogens is 212 g/mol. The molecule has 0 bridgehead atoms. The molecule has 0 aromatic carbocycles. The molecule has 2 rings (SSSR count). The van der Waals surface area contributed by atoms with E-state index in [2.05, 4.69) is 4.74 Å². The molecule has 16 heavy (non-hydrogen) atoms. The second kappa shape index (κ2) is 4.49. The number of esters is 2. The number of methoxy groups -OCH3 is 1. The molecule has 0 unspecified atom stereocenters. The highest BCUT2D eigenvalue weighted by Crippen LogP contribution is 2.29. The Bertz CT molecular complexity index is 390. The van der Waals surface area contributed by atoms with Crippen molar-refractivity contribution >= 4 is 11.9 Å². The van der Waals surface area contributed by atoms with Gasteiger partial charge in [-0.2, -0.15) is 0 Å². The fraction of sp³-hybridized carbons (Fsp3) is 0.455. The molecule has 0 radical (unpaired) electrons. The molecule has 2 heterocycles. The number of rotatable bonds is 3. The molecule has 1 aromatic rings. The molecule has 0 saturated carbocycles. The van der Waals surface area contributed by atoms with Crippen molar-refractivity contribution in [3.05, 3.63) is 23.7 Å². The van der Waals surface area contributed by atoms with E-state index < -0.39 is 11.9 Å². The Balaban J connectivity index is 2.10. The van der Waals surface area contributed by atoms with E-state index in [4.69, 9.17) is 9.15 Å². The van der Waals surface area contributed by atoms with Crippen LogP contribution >= 0.6 is 0 Å². The van der Waals surface area contributed by atoms with Gasteiger partial charge in [0.15, 0.2) is 0 Å². The van der Waals surface area contributed by atoms with E-state index in [1.165, 1.54) is 0 Å². The molecule has 0 N–H and O–H groups in total. The Morgan fingerprint density at radius 2 is 2.00 bits per heavy atom. The van der Waals surface area contributed by atoms with Gasteiger partial charge >= 0.3 is 11.9 Å². The lowest BCUT2D eigenvalue weighted by atomic mass is 9.97. The van der Waals surface area contributed by atoms with Crippen LogP contribution in [0.4, 0.5) is 0 Å². The first-order chi connectivity index (χ1) is 7.69. The number of ether oxygens (including phenoxy) is 2. The van der Waals surface area contributed by atoms with Gasteiger partial charge in [-0.05, 0) is 12.1 Å². The monoisotopic (exact) mass is 224 g/mol. The molecule has 1 fully saturated rings. The normalized spacial score (nSPS) is 17.6. The lowest BCUT2D eigenvalue weighted by Crippen LogP contribution is -2.23. The zero-order valence-corrected chi connectivity index (χ0v) is 8.89. The van der Waals surface area contributed by atoms with Crippen molar-refractivity contribution in [2.24, 2.45) is 0 Å². The van der Waals surface area contributed by atoms with Crippen LogP contribution in [0.2, 0.25) is 0 Å². The average Bonchev–Trinajstić information content (AvgIpc) is 2.65. The van der Waals surface area contributed by atoms with Crippen molar-refractivity contribution in [2.75, 3.05) is 7.11 Å².